The van der Waals surface area contributed by atoms with E-state index in [0.29, 0.717) is 0 Å². The molecule has 0 fully saturated rings. The summed E-state index contributed by atoms with van der Waals surface area (Å²) in [5, 5.41) is 9.99. The molecule has 0 N–H and O–H groups in total. The summed E-state index contributed by atoms with van der Waals surface area (Å²) in [6, 6.07) is 47.9. The molecule has 0 aliphatic heterocycles. The first-order chi connectivity index (χ1) is 18.3. The van der Waals surface area contributed by atoms with Crippen LogP contribution in [-0.2, 0) is 0 Å². The molecule has 1 heteroatoms. The zero-order chi connectivity index (χ0) is 24.3. The molecular formula is C36H22O. The fraction of sp³-hybridized carbons (Fsp3) is 0. The minimum Gasteiger partial charge on any atom is -0.456 e. The first-order valence-corrected chi connectivity index (χ1v) is 12.7. The van der Waals surface area contributed by atoms with Crippen molar-refractivity contribution in [2.24, 2.45) is 0 Å². The van der Waals surface area contributed by atoms with E-state index in [2.05, 4.69) is 121 Å². The summed E-state index contributed by atoms with van der Waals surface area (Å²) in [6.45, 7) is 0. The molecule has 0 aliphatic rings. The molecule has 1 aromatic heterocycles. The van der Waals surface area contributed by atoms with Gasteiger partial charge in [0, 0.05) is 10.8 Å². The molecule has 0 atom stereocenters. The van der Waals surface area contributed by atoms with Crippen LogP contribution in [0.25, 0.3) is 76.5 Å². The number of hydrogen-bond donors (Lipinski definition) is 0. The Bertz CT molecular complexity index is 2130. The van der Waals surface area contributed by atoms with E-state index in [9.17, 15) is 0 Å². The van der Waals surface area contributed by atoms with Crippen LogP contribution < -0.4 is 0 Å². The van der Waals surface area contributed by atoms with E-state index in [1.807, 2.05) is 12.1 Å². The molecule has 0 radical (unpaired) electrons. The van der Waals surface area contributed by atoms with Crippen LogP contribution >= 0.6 is 0 Å². The van der Waals surface area contributed by atoms with Crippen molar-refractivity contribution < 1.29 is 4.42 Å². The summed E-state index contributed by atoms with van der Waals surface area (Å²) in [5.74, 6) is 0. The van der Waals surface area contributed by atoms with Crippen molar-refractivity contribution in [3.63, 3.8) is 0 Å². The number of benzene rings is 7. The van der Waals surface area contributed by atoms with Gasteiger partial charge < -0.3 is 4.42 Å². The third-order valence-corrected chi connectivity index (χ3v) is 7.63. The van der Waals surface area contributed by atoms with E-state index in [1.54, 1.807) is 0 Å². The first kappa shape index (κ1) is 20.3. The number of para-hydroxylation sites is 1. The van der Waals surface area contributed by atoms with Gasteiger partial charge in [0.05, 0.1) is 0 Å². The Balaban J connectivity index is 1.49. The second-order valence-electron chi connectivity index (χ2n) is 9.71. The molecule has 0 aliphatic carbocycles. The maximum absolute atomic E-state index is 6.11. The van der Waals surface area contributed by atoms with Crippen LogP contribution in [0.3, 0.4) is 0 Å². The van der Waals surface area contributed by atoms with Gasteiger partial charge in [-0.05, 0) is 84.9 Å². The van der Waals surface area contributed by atoms with E-state index in [4.69, 9.17) is 4.42 Å². The summed E-state index contributed by atoms with van der Waals surface area (Å²) in [5.41, 5.74) is 6.79. The first-order valence-electron chi connectivity index (χ1n) is 12.7. The number of hydrogen-bond acceptors (Lipinski definition) is 1. The standard InChI is InChI=1S/C36H22O/c1-2-10-23(11-3-1)31-21-25-22-32(24-18-19-35-33(20-24)28-14-8-9-17-34(28)37-35)27-13-5-7-16-30(27)36(25)29-15-6-4-12-26(29)31/h1-22H. The number of rotatable bonds is 2. The molecule has 0 saturated carbocycles. The Hall–Kier alpha value is -4.88. The maximum Gasteiger partial charge on any atom is 0.135 e. The van der Waals surface area contributed by atoms with E-state index < -0.39 is 0 Å². The van der Waals surface area contributed by atoms with Gasteiger partial charge >= 0.3 is 0 Å². The van der Waals surface area contributed by atoms with E-state index in [1.165, 1.54) is 54.6 Å². The van der Waals surface area contributed by atoms with Crippen molar-refractivity contribution in [1.82, 2.24) is 0 Å². The highest BCUT2D eigenvalue weighted by Crippen LogP contribution is 2.42. The van der Waals surface area contributed by atoms with Crippen LogP contribution in [0.4, 0.5) is 0 Å². The zero-order valence-corrected chi connectivity index (χ0v) is 20.1. The summed E-state index contributed by atoms with van der Waals surface area (Å²) < 4.78 is 6.11. The molecule has 37 heavy (non-hydrogen) atoms. The second kappa shape index (κ2) is 7.81. The topological polar surface area (TPSA) is 13.1 Å². The zero-order valence-electron chi connectivity index (χ0n) is 20.1. The molecule has 172 valence electrons. The third kappa shape index (κ3) is 3.04. The highest BCUT2D eigenvalue weighted by atomic mass is 16.3. The van der Waals surface area contributed by atoms with Gasteiger partial charge in [0.25, 0.3) is 0 Å². The van der Waals surface area contributed by atoms with Crippen LogP contribution in [-0.4, -0.2) is 0 Å². The highest BCUT2D eigenvalue weighted by molar-refractivity contribution is 6.26. The molecule has 8 aromatic rings. The average Bonchev–Trinajstić information content (AvgIpc) is 3.34. The predicted molar refractivity (Wildman–Crippen MR) is 157 cm³/mol. The van der Waals surface area contributed by atoms with Crippen molar-refractivity contribution in [3.05, 3.63) is 133 Å². The molecule has 0 spiro atoms. The maximum atomic E-state index is 6.11. The van der Waals surface area contributed by atoms with Crippen molar-refractivity contribution >= 4 is 54.3 Å². The van der Waals surface area contributed by atoms with Crippen molar-refractivity contribution in [1.29, 1.82) is 0 Å². The number of furan rings is 1. The van der Waals surface area contributed by atoms with Crippen LogP contribution in [0.1, 0.15) is 0 Å². The lowest BCUT2D eigenvalue weighted by molar-refractivity contribution is 0.669. The summed E-state index contributed by atoms with van der Waals surface area (Å²) in [4.78, 5) is 0. The normalized spacial score (nSPS) is 11.8. The monoisotopic (exact) mass is 470 g/mol. The third-order valence-electron chi connectivity index (χ3n) is 7.63. The largest absolute Gasteiger partial charge is 0.456 e. The van der Waals surface area contributed by atoms with Gasteiger partial charge in [0.2, 0.25) is 0 Å². The molecule has 8 rings (SSSR count). The molecule has 1 nitrogen and oxygen atoms in total. The van der Waals surface area contributed by atoms with E-state index in [0.717, 1.165) is 21.9 Å². The molecule has 0 saturated heterocycles. The lowest BCUT2D eigenvalue weighted by Crippen LogP contribution is -1.89. The van der Waals surface area contributed by atoms with Gasteiger partial charge in [0.1, 0.15) is 11.2 Å². The van der Waals surface area contributed by atoms with Crippen molar-refractivity contribution in [2.75, 3.05) is 0 Å². The van der Waals surface area contributed by atoms with Gasteiger partial charge in [-0.25, -0.2) is 0 Å². The lowest BCUT2D eigenvalue weighted by atomic mass is 9.87. The minimum absolute atomic E-state index is 0.924. The highest BCUT2D eigenvalue weighted by Gasteiger charge is 2.15. The molecule has 0 amide bonds. The van der Waals surface area contributed by atoms with Gasteiger partial charge in [-0.2, -0.15) is 0 Å². The fourth-order valence-electron chi connectivity index (χ4n) is 5.97. The second-order valence-corrected chi connectivity index (χ2v) is 9.71. The number of fused-ring (bicyclic) bond motifs is 8. The van der Waals surface area contributed by atoms with Crippen molar-refractivity contribution in [3.8, 4) is 22.3 Å². The van der Waals surface area contributed by atoms with E-state index >= 15 is 0 Å². The van der Waals surface area contributed by atoms with Gasteiger partial charge in [0.15, 0.2) is 0 Å². The van der Waals surface area contributed by atoms with Crippen LogP contribution in [0.15, 0.2) is 138 Å². The SMILES string of the molecule is c1ccc(-c2cc3cc(-c4ccc5oc6ccccc6c5c4)c4ccccc4c3c3ccccc23)cc1. The van der Waals surface area contributed by atoms with Gasteiger partial charge in [-0.15, -0.1) is 0 Å². The Kier molecular flexibility index (Phi) is 4.29. The van der Waals surface area contributed by atoms with Gasteiger partial charge in [-0.3, -0.25) is 0 Å². The predicted octanol–water partition coefficient (Wildman–Crippen LogP) is 10.4. The van der Waals surface area contributed by atoms with Crippen molar-refractivity contribution in [2.45, 2.75) is 0 Å². The van der Waals surface area contributed by atoms with Crippen LogP contribution in [0.5, 0.6) is 0 Å². The Labute approximate surface area is 214 Å². The summed E-state index contributed by atoms with van der Waals surface area (Å²) in [6.07, 6.45) is 0. The molecule has 0 bridgehead atoms. The molecule has 7 aromatic carbocycles. The quantitative estimate of drug-likeness (QED) is 0.229. The van der Waals surface area contributed by atoms with Gasteiger partial charge in [-0.1, -0.05) is 103 Å². The van der Waals surface area contributed by atoms with E-state index in [-0.39, 0.29) is 0 Å². The smallest absolute Gasteiger partial charge is 0.135 e. The summed E-state index contributed by atoms with van der Waals surface area (Å²) in [7, 11) is 0. The molecule has 1 heterocycles. The summed E-state index contributed by atoms with van der Waals surface area (Å²) >= 11 is 0. The van der Waals surface area contributed by atoms with Crippen LogP contribution in [0.2, 0.25) is 0 Å². The fourth-order valence-corrected chi connectivity index (χ4v) is 5.97. The minimum atomic E-state index is 0.924. The lowest BCUT2D eigenvalue weighted by Gasteiger charge is -2.16. The van der Waals surface area contributed by atoms with Crippen LogP contribution in [0, 0.1) is 0 Å². The Morgan fingerprint density at radius 1 is 0.351 bits per heavy atom. The average molecular weight is 471 g/mol. The molecule has 0 unspecified atom stereocenters. The molecular weight excluding hydrogens is 448 g/mol. The Morgan fingerprint density at radius 2 is 0.892 bits per heavy atom. The Morgan fingerprint density at radius 3 is 1.59 bits per heavy atom.